The van der Waals surface area contributed by atoms with E-state index in [4.69, 9.17) is 0 Å². The summed E-state index contributed by atoms with van der Waals surface area (Å²) in [5.74, 6) is 5.42. The first-order valence-electron chi connectivity index (χ1n) is 15.9. The molecule has 2 aliphatic rings. The predicted octanol–water partition coefficient (Wildman–Crippen LogP) is 7.86. The summed E-state index contributed by atoms with van der Waals surface area (Å²) in [5.41, 5.74) is 2.67. The molecule has 4 heteroatoms. The minimum absolute atomic E-state index is 0. The van der Waals surface area contributed by atoms with E-state index in [9.17, 15) is 0 Å². The molecule has 0 nitrogen and oxygen atoms in total. The summed E-state index contributed by atoms with van der Waals surface area (Å²) in [4.78, 5) is 0. The van der Waals surface area contributed by atoms with Crippen LogP contribution in [0.2, 0.25) is 11.5 Å². The Balaban J connectivity index is 0.00000186. The Hall–Kier alpha value is -2.69. The second kappa shape index (κ2) is 12.7. The molecule has 0 spiro atoms. The van der Waals surface area contributed by atoms with Crippen LogP contribution in [0.15, 0.2) is 133 Å². The molecule has 0 saturated heterocycles. The van der Waals surface area contributed by atoms with Crippen molar-refractivity contribution in [2.45, 2.75) is 36.2 Å². The van der Waals surface area contributed by atoms with Crippen molar-refractivity contribution < 1.29 is 19.0 Å². The van der Waals surface area contributed by atoms with Gasteiger partial charge in [-0.3, -0.25) is 0 Å². The molecule has 6 aromatic rings. The van der Waals surface area contributed by atoms with Crippen LogP contribution in [0.4, 0.5) is 0 Å². The second-order valence-corrected chi connectivity index (χ2v) is 56.1. The van der Waals surface area contributed by atoms with Gasteiger partial charge in [0, 0.05) is 0 Å². The van der Waals surface area contributed by atoms with Crippen molar-refractivity contribution in [2.75, 3.05) is 0 Å². The first-order chi connectivity index (χ1) is 21.4. The molecule has 0 fully saturated rings. The standard InChI is InChI=1S/2C20H15.C2H7Ge.2ClH.Hf/c2*1-20(13-16-8-2-3-9-17(16)14-20)19-12-6-10-15-7-4-5-11-18(15)19;1-3-2;;;/h2*2-13H,1H3;3H,1-2H3;2*1H;. The van der Waals surface area contributed by atoms with Crippen molar-refractivity contribution in [1.29, 1.82) is 0 Å². The van der Waals surface area contributed by atoms with E-state index >= 15 is 0 Å². The van der Waals surface area contributed by atoms with E-state index in [-0.39, 0.29) is 35.6 Å². The zero-order valence-corrected chi connectivity index (χ0v) is 34.4. The number of rotatable bonds is 5. The quantitative estimate of drug-likeness (QED) is 0.155. The van der Waals surface area contributed by atoms with Gasteiger partial charge in [-0.25, -0.2) is 0 Å². The van der Waals surface area contributed by atoms with Crippen LogP contribution >= 0.6 is 24.8 Å². The summed E-state index contributed by atoms with van der Waals surface area (Å²) in [7, 11) is -1.75. The Morgan fingerprint density at radius 2 is 0.826 bits per heavy atom. The van der Waals surface area contributed by atoms with E-state index in [1.54, 1.807) is 0 Å². The van der Waals surface area contributed by atoms with Crippen molar-refractivity contribution in [3.63, 3.8) is 0 Å². The van der Waals surface area contributed by atoms with Gasteiger partial charge in [0.25, 0.3) is 0 Å². The van der Waals surface area contributed by atoms with Gasteiger partial charge in [0.15, 0.2) is 0 Å². The third kappa shape index (κ3) is 5.05. The van der Waals surface area contributed by atoms with Crippen molar-refractivity contribution >= 4 is 75.8 Å². The first-order valence-corrected chi connectivity index (χ1v) is 36.3. The van der Waals surface area contributed by atoms with E-state index in [1.807, 2.05) is 6.66 Å². The molecule has 8 rings (SSSR count). The Labute approximate surface area is 293 Å². The van der Waals surface area contributed by atoms with Gasteiger partial charge < -0.3 is 0 Å². The SMILES string of the molecule is Cl.Cl.[CH3][GeH]([CH3])[Hf]([C]1=c2ccccc2=CC1(C)c1cccc2ccccc12)[C]1=c2ccccc2=CC1(C)c1cccc2ccccc12. The number of halogens is 2. The fourth-order valence-corrected chi connectivity index (χ4v) is 58.1. The maximum atomic E-state index is 2.71. The summed E-state index contributed by atoms with van der Waals surface area (Å²) in [5, 5.41) is 11.4. The summed E-state index contributed by atoms with van der Waals surface area (Å²) < 4.78 is 3.63. The van der Waals surface area contributed by atoms with Crippen LogP contribution in [0.25, 0.3) is 40.4 Å². The van der Waals surface area contributed by atoms with Gasteiger partial charge in [0.2, 0.25) is 0 Å². The number of fused-ring (bicyclic) bond motifs is 4. The average molecular weight is 866 g/mol. The molecule has 0 radical (unpaired) electrons. The third-order valence-electron chi connectivity index (χ3n) is 10.2. The molecule has 46 heavy (non-hydrogen) atoms. The van der Waals surface area contributed by atoms with Crippen LogP contribution < -0.4 is 20.9 Å². The molecule has 0 N–H and O–H groups in total. The Kier molecular flexibility index (Phi) is 9.20. The zero-order chi connectivity index (χ0) is 30.1. The van der Waals surface area contributed by atoms with E-state index in [0.717, 1.165) is 0 Å². The van der Waals surface area contributed by atoms with Crippen LogP contribution in [0.1, 0.15) is 25.0 Å². The average Bonchev–Trinajstić information content (AvgIpc) is 3.52. The Morgan fingerprint density at radius 1 is 0.457 bits per heavy atom. The number of hydrogen-bond donors (Lipinski definition) is 0. The molecule has 0 aromatic heterocycles. The van der Waals surface area contributed by atoms with E-state index in [0.29, 0.717) is 0 Å². The van der Waals surface area contributed by atoms with Gasteiger partial charge in [0.1, 0.15) is 0 Å². The molecule has 229 valence electrons. The summed E-state index contributed by atoms with van der Waals surface area (Å²) in [6, 6.07) is 50.6. The van der Waals surface area contributed by atoms with Crippen molar-refractivity contribution in [1.82, 2.24) is 0 Å². The van der Waals surface area contributed by atoms with Crippen LogP contribution in [-0.4, -0.2) is 10.6 Å². The van der Waals surface area contributed by atoms with E-state index in [1.165, 1.54) is 53.5 Å². The van der Waals surface area contributed by atoms with Crippen molar-refractivity contribution in [3.05, 3.63) is 165 Å². The Bertz CT molecular complexity index is 2200. The molecule has 0 bridgehead atoms. The minimum atomic E-state index is -2.79. The molecular weight excluding hydrogens is 826 g/mol. The number of benzene rings is 6. The fraction of sp³-hybridized carbons (Fsp3) is 0.143. The first kappa shape index (κ1) is 33.2. The van der Waals surface area contributed by atoms with E-state index in [2.05, 4.69) is 171 Å². The molecule has 0 heterocycles. The van der Waals surface area contributed by atoms with Gasteiger partial charge in [-0.2, -0.15) is 0 Å². The van der Waals surface area contributed by atoms with Crippen LogP contribution in [-0.2, 0) is 29.8 Å². The normalized spacial score (nSPS) is 19.6. The maximum absolute atomic E-state index is 2.79. The monoisotopic (exact) mass is 867 g/mol. The molecule has 2 aliphatic carbocycles. The summed E-state index contributed by atoms with van der Waals surface area (Å²) >= 11 is -2.79. The molecule has 0 amide bonds. The van der Waals surface area contributed by atoms with Gasteiger partial charge in [-0.05, 0) is 0 Å². The topological polar surface area (TPSA) is 0 Å². The van der Waals surface area contributed by atoms with Crippen molar-refractivity contribution in [3.8, 4) is 0 Å². The van der Waals surface area contributed by atoms with Gasteiger partial charge in [0.05, 0.1) is 0 Å². The third-order valence-corrected chi connectivity index (χ3v) is 53.6. The molecule has 6 aromatic carbocycles. The van der Waals surface area contributed by atoms with Gasteiger partial charge >= 0.3 is 272 Å². The molecular formula is C42H39Cl2GeHf. The zero-order valence-electron chi connectivity index (χ0n) is 26.8. The van der Waals surface area contributed by atoms with Crippen LogP contribution in [0, 0.1) is 0 Å². The second-order valence-electron chi connectivity index (χ2n) is 13.2. The number of hydrogen-bond acceptors (Lipinski definition) is 0. The fourth-order valence-electron chi connectivity index (χ4n) is 8.36. The Morgan fingerprint density at radius 3 is 1.26 bits per heavy atom. The molecule has 2 unspecified atom stereocenters. The van der Waals surface area contributed by atoms with Gasteiger partial charge in [-0.15, -0.1) is 24.8 Å². The van der Waals surface area contributed by atoms with E-state index < -0.39 is 29.6 Å². The molecule has 0 saturated carbocycles. The van der Waals surface area contributed by atoms with Crippen LogP contribution in [0.5, 0.6) is 0 Å². The summed E-state index contributed by atoms with van der Waals surface area (Å²) in [6.07, 6.45) is 5.27. The molecule has 2 atom stereocenters. The van der Waals surface area contributed by atoms with Gasteiger partial charge in [-0.1, -0.05) is 0 Å². The summed E-state index contributed by atoms with van der Waals surface area (Å²) in [6.45, 7) is 5.11. The predicted molar refractivity (Wildman–Crippen MR) is 203 cm³/mol. The molecule has 0 aliphatic heterocycles. The van der Waals surface area contributed by atoms with Crippen molar-refractivity contribution in [2.24, 2.45) is 0 Å². The van der Waals surface area contributed by atoms with Crippen LogP contribution in [0.3, 0.4) is 0 Å².